The summed E-state index contributed by atoms with van der Waals surface area (Å²) in [6.45, 7) is 1.77. The summed E-state index contributed by atoms with van der Waals surface area (Å²) in [7, 11) is 3.16. The zero-order valence-electron chi connectivity index (χ0n) is 9.07. The van der Waals surface area contributed by atoms with E-state index in [0.29, 0.717) is 11.3 Å². The van der Waals surface area contributed by atoms with Crippen molar-refractivity contribution in [3.63, 3.8) is 0 Å². The van der Waals surface area contributed by atoms with Crippen LogP contribution in [-0.4, -0.2) is 14.2 Å². The average Bonchev–Trinajstić information content (AvgIpc) is 2.30. The van der Waals surface area contributed by atoms with Crippen molar-refractivity contribution in [1.82, 2.24) is 0 Å². The topological polar surface area (TPSA) is 42.2 Å². The van der Waals surface area contributed by atoms with Crippen LogP contribution in [0.15, 0.2) is 30.0 Å². The molecule has 0 unspecified atom stereocenters. The molecule has 0 atom stereocenters. The van der Waals surface area contributed by atoms with Gasteiger partial charge in [0.1, 0.15) is 17.6 Å². The Morgan fingerprint density at radius 2 is 1.80 bits per heavy atom. The first kappa shape index (κ1) is 11.1. The molecular weight excluding hydrogens is 190 g/mol. The highest BCUT2D eigenvalue weighted by molar-refractivity contribution is 5.78. The summed E-state index contributed by atoms with van der Waals surface area (Å²) >= 11 is 0. The van der Waals surface area contributed by atoms with E-state index in [1.54, 1.807) is 21.1 Å². The lowest BCUT2D eigenvalue weighted by Crippen LogP contribution is -1.90. The molecule has 0 amide bonds. The molecule has 0 saturated carbocycles. The molecule has 3 heteroatoms. The third kappa shape index (κ3) is 2.50. The number of ether oxygens (including phenoxy) is 2. The van der Waals surface area contributed by atoms with Crippen LogP contribution in [0.1, 0.15) is 12.5 Å². The number of nitriles is 1. The van der Waals surface area contributed by atoms with Crippen molar-refractivity contribution in [2.24, 2.45) is 0 Å². The highest BCUT2D eigenvalue weighted by atomic mass is 16.5. The van der Waals surface area contributed by atoms with Gasteiger partial charge >= 0.3 is 0 Å². The smallest absolute Gasteiger partial charge is 0.118 e. The van der Waals surface area contributed by atoms with Gasteiger partial charge in [0.2, 0.25) is 0 Å². The second-order valence-corrected chi connectivity index (χ2v) is 2.98. The van der Waals surface area contributed by atoms with E-state index in [1.165, 1.54) is 0 Å². The molecule has 0 aliphatic heterocycles. The molecule has 0 radical (unpaired) electrons. The molecule has 1 aromatic rings. The second kappa shape index (κ2) is 5.06. The fourth-order valence-electron chi connectivity index (χ4n) is 1.21. The molecule has 0 fully saturated rings. The Labute approximate surface area is 89.6 Å². The van der Waals surface area contributed by atoms with Gasteiger partial charge in [-0.25, -0.2) is 0 Å². The van der Waals surface area contributed by atoms with Crippen LogP contribution in [-0.2, 0) is 4.74 Å². The summed E-state index contributed by atoms with van der Waals surface area (Å²) in [5, 5.41) is 8.99. The third-order valence-corrected chi connectivity index (χ3v) is 2.15. The van der Waals surface area contributed by atoms with Gasteiger partial charge in [-0.1, -0.05) is 0 Å². The SMILES string of the molecule is CO/C(C)=C(/C#N)c1ccc(OC)cc1. The molecule has 0 saturated heterocycles. The van der Waals surface area contributed by atoms with Gasteiger partial charge in [0.15, 0.2) is 0 Å². The third-order valence-electron chi connectivity index (χ3n) is 2.15. The molecule has 0 heterocycles. The molecule has 15 heavy (non-hydrogen) atoms. The minimum atomic E-state index is 0.542. The van der Waals surface area contributed by atoms with E-state index in [4.69, 9.17) is 14.7 Å². The monoisotopic (exact) mass is 203 g/mol. The van der Waals surface area contributed by atoms with E-state index < -0.39 is 0 Å². The summed E-state index contributed by atoms with van der Waals surface area (Å²) in [6, 6.07) is 9.42. The largest absolute Gasteiger partial charge is 0.500 e. The number of rotatable bonds is 3. The van der Waals surface area contributed by atoms with E-state index in [1.807, 2.05) is 24.3 Å². The van der Waals surface area contributed by atoms with Gasteiger partial charge in [-0.05, 0) is 36.8 Å². The van der Waals surface area contributed by atoms with Gasteiger partial charge in [0.25, 0.3) is 0 Å². The molecule has 78 valence electrons. The number of hydrogen-bond acceptors (Lipinski definition) is 3. The van der Waals surface area contributed by atoms with Crippen molar-refractivity contribution in [1.29, 1.82) is 5.26 Å². The maximum atomic E-state index is 8.99. The van der Waals surface area contributed by atoms with Crippen LogP contribution in [0.25, 0.3) is 5.57 Å². The van der Waals surface area contributed by atoms with Gasteiger partial charge in [-0.3, -0.25) is 0 Å². The number of allylic oxidation sites excluding steroid dienone is 2. The first-order chi connectivity index (χ1) is 7.22. The van der Waals surface area contributed by atoms with Crippen molar-refractivity contribution in [2.75, 3.05) is 14.2 Å². The molecule has 0 aliphatic carbocycles. The molecule has 1 rings (SSSR count). The summed E-state index contributed by atoms with van der Waals surface area (Å²) in [6.07, 6.45) is 0. The van der Waals surface area contributed by atoms with Gasteiger partial charge in [-0.2, -0.15) is 5.26 Å². The number of benzene rings is 1. The summed E-state index contributed by atoms with van der Waals surface area (Å²) < 4.78 is 10.1. The Bertz CT molecular complexity index is 399. The number of nitrogens with zero attached hydrogens (tertiary/aromatic N) is 1. The quantitative estimate of drug-likeness (QED) is 0.560. The predicted octanol–water partition coefficient (Wildman–Crippen LogP) is 2.60. The van der Waals surface area contributed by atoms with Crippen molar-refractivity contribution in [2.45, 2.75) is 6.92 Å². The van der Waals surface area contributed by atoms with E-state index in [9.17, 15) is 0 Å². The van der Waals surface area contributed by atoms with Gasteiger partial charge in [0.05, 0.1) is 19.8 Å². The van der Waals surface area contributed by atoms with Crippen LogP contribution in [0.3, 0.4) is 0 Å². The maximum absolute atomic E-state index is 8.99. The molecular formula is C12H13NO2. The lowest BCUT2D eigenvalue weighted by molar-refractivity contribution is 0.296. The Hall–Kier alpha value is -1.95. The van der Waals surface area contributed by atoms with Crippen molar-refractivity contribution in [3.8, 4) is 11.8 Å². The zero-order valence-corrected chi connectivity index (χ0v) is 9.07. The van der Waals surface area contributed by atoms with Crippen molar-refractivity contribution in [3.05, 3.63) is 35.6 Å². The molecule has 0 aliphatic rings. The second-order valence-electron chi connectivity index (χ2n) is 2.98. The Morgan fingerprint density at radius 3 is 2.20 bits per heavy atom. The number of hydrogen-bond donors (Lipinski definition) is 0. The van der Waals surface area contributed by atoms with Crippen LogP contribution in [0.2, 0.25) is 0 Å². The van der Waals surface area contributed by atoms with Crippen molar-refractivity contribution < 1.29 is 9.47 Å². The molecule has 0 N–H and O–H groups in total. The summed E-state index contributed by atoms with van der Waals surface area (Å²) in [5.41, 5.74) is 1.37. The van der Waals surface area contributed by atoms with Crippen LogP contribution in [0.5, 0.6) is 5.75 Å². The van der Waals surface area contributed by atoms with Crippen LogP contribution in [0.4, 0.5) is 0 Å². The maximum Gasteiger partial charge on any atom is 0.118 e. The minimum Gasteiger partial charge on any atom is -0.500 e. The van der Waals surface area contributed by atoms with Gasteiger partial charge < -0.3 is 9.47 Å². The predicted molar refractivity (Wildman–Crippen MR) is 58.2 cm³/mol. The normalized spacial score (nSPS) is 11.3. The van der Waals surface area contributed by atoms with Crippen LogP contribution < -0.4 is 4.74 Å². The molecule has 0 aromatic heterocycles. The van der Waals surface area contributed by atoms with E-state index in [-0.39, 0.29) is 0 Å². The van der Waals surface area contributed by atoms with E-state index >= 15 is 0 Å². The van der Waals surface area contributed by atoms with Crippen LogP contribution >= 0.6 is 0 Å². The highest BCUT2D eigenvalue weighted by Gasteiger charge is 2.05. The van der Waals surface area contributed by atoms with E-state index in [2.05, 4.69) is 6.07 Å². The fraction of sp³-hybridized carbons (Fsp3) is 0.250. The Morgan fingerprint density at radius 1 is 1.20 bits per heavy atom. The number of methoxy groups -OCH3 is 2. The van der Waals surface area contributed by atoms with Gasteiger partial charge in [0, 0.05) is 0 Å². The molecule has 3 nitrogen and oxygen atoms in total. The van der Waals surface area contributed by atoms with Crippen LogP contribution in [0, 0.1) is 11.3 Å². The lowest BCUT2D eigenvalue weighted by Gasteiger charge is -2.05. The minimum absolute atomic E-state index is 0.542. The summed E-state index contributed by atoms with van der Waals surface area (Å²) in [4.78, 5) is 0. The standard InChI is InChI=1S/C12H13NO2/c1-9(14-2)12(8-13)10-4-6-11(15-3)7-5-10/h4-7H,1-3H3/b12-9-. The first-order valence-corrected chi connectivity index (χ1v) is 4.52. The molecule has 0 bridgehead atoms. The van der Waals surface area contributed by atoms with Crippen molar-refractivity contribution >= 4 is 5.57 Å². The fourth-order valence-corrected chi connectivity index (χ4v) is 1.21. The molecule has 0 spiro atoms. The Kier molecular flexibility index (Phi) is 3.75. The molecule has 1 aromatic carbocycles. The zero-order chi connectivity index (χ0) is 11.3. The Balaban J connectivity index is 3.11. The average molecular weight is 203 g/mol. The first-order valence-electron chi connectivity index (χ1n) is 4.52. The van der Waals surface area contributed by atoms with Gasteiger partial charge in [-0.15, -0.1) is 0 Å². The highest BCUT2D eigenvalue weighted by Crippen LogP contribution is 2.21. The summed E-state index contributed by atoms with van der Waals surface area (Å²) in [5.74, 6) is 1.38. The lowest BCUT2D eigenvalue weighted by atomic mass is 10.1. The van der Waals surface area contributed by atoms with E-state index in [0.717, 1.165) is 11.3 Å².